The van der Waals surface area contributed by atoms with Crippen LogP contribution in [0.1, 0.15) is 40.3 Å². The molecular formula is C23H24F7N3O. The average Bonchev–Trinajstić information content (AvgIpc) is 2.97. The third kappa shape index (κ3) is 5.99. The van der Waals surface area contributed by atoms with Crippen molar-refractivity contribution in [3.8, 4) is 0 Å². The molecule has 1 N–H and O–H groups in total. The van der Waals surface area contributed by atoms with Crippen molar-refractivity contribution in [3.63, 3.8) is 0 Å². The zero-order valence-electron chi connectivity index (χ0n) is 18.5. The van der Waals surface area contributed by atoms with Crippen LogP contribution in [-0.4, -0.2) is 42.5 Å². The van der Waals surface area contributed by atoms with Gasteiger partial charge in [0.2, 0.25) is 0 Å². The van der Waals surface area contributed by atoms with E-state index in [2.05, 4.69) is 5.32 Å². The van der Waals surface area contributed by atoms with Gasteiger partial charge in [-0.3, -0.25) is 0 Å². The van der Waals surface area contributed by atoms with Crippen LogP contribution < -0.4 is 5.32 Å². The normalized spacial score (nSPS) is 17.4. The summed E-state index contributed by atoms with van der Waals surface area (Å²) < 4.78 is 92.7. The van der Waals surface area contributed by atoms with E-state index in [1.54, 1.807) is 13.0 Å². The van der Waals surface area contributed by atoms with E-state index in [9.17, 15) is 35.5 Å². The number of nitrogens with one attached hydrogen (secondary N) is 1. The summed E-state index contributed by atoms with van der Waals surface area (Å²) in [6.45, 7) is 2.55. The number of hydrogen-bond acceptors (Lipinski definition) is 2. The third-order valence-electron chi connectivity index (χ3n) is 5.70. The first kappa shape index (κ1) is 25.8. The molecule has 4 nitrogen and oxygen atoms in total. The van der Waals surface area contributed by atoms with Gasteiger partial charge in [-0.1, -0.05) is 6.07 Å². The highest BCUT2D eigenvalue weighted by Gasteiger charge is 2.37. The molecule has 2 amide bonds. The lowest BCUT2D eigenvalue weighted by Gasteiger charge is -2.34. The van der Waals surface area contributed by atoms with Crippen LogP contribution in [0.3, 0.4) is 0 Å². The van der Waals surface area contributed by atoms with Crippen LogP contribution in [0.2, 0.25) is 0 Å². The minimum absolute atomic E-state index is 0.0547. The third-order valence-corrected chi connectivity index (χ3v) is 5.70. The van der Waals surface area contributed by atoms with E-state index in [-0.39, 0.29) is 11.6 Å². The molecule has 0 bridgehead atoms. The Morgan fingerprint density at radius 1 is 1.06 bits per heavy atom. The monoisotopic (exact) mass is 491 g/mol. The number of alkyl halides is 6. The van der Waals surface area contributed by atoms with E-state index in [0.717, 1.165) is 4.90 Å². The molecule has 0 saturated carbocycles. The second-order valence-electron chi connectivity index (χ2n) is 8.32. The van der Waals surface area contributed by atoms with Crippen molar-refractivity contribution in [2.75, 3.05) is 26.7 Å². The Morgan fingerprint density at radius 3 is 2.24 bits per heavy atom. The summed E-state index contributed by atoms with van der Waals surface area (Å²) in [7, 11) is 1.32. The predicted molar refractivity (Wildman–Crippen MR) is 111 cm³/mol. The maximum Gasteiger partial charge on any atom is 0.416 e. The van der Waals surface area contributed by atoms with Crippen molar-refractivity contribution in [1.82, 2.24) is 15.1 Å². The molecule has 0 radical (unpaired) electrons. The Balaban J connectivity index is 1.90. The molecule has 11 heteroatoms. The predicted octanol–water partition coefficient (Wildman–Crippen LogP) is 5.76. The molecule has 0 aromatic heterocycles. The molecule has 2 aromatic carbocycles. The van der Waals surface area contributed by atoms with Crippen molar-refractivity contribution >= 4 is 6.03 Å². The minimum Gasteiger partial charge on any atom is -0.323 e. The molecule has 0 aliphatic carbocycles. The molecule has 0 spiro atoms. The summed E-state index contributed by atoms with van der Waals surface area (Å²) in [5.41, 5.74) is -1.83. The summed E-state index contributed by atoms with van der Waals surface area (Å²) in [6.07, 6.45) is -9.35. The summed E-state index contributed by atoms with van der Waals surface area (Å²) in [5.74, 6) is -0.428. The highest BCUT2D eigenvalue weighted by molar-refractivity contribution is 5.75. The van der Waals surface area contributed by atoms with Crippen molar-refractivity contribution in [3.05, 3.63) is 70.0 Å². The van der Waals surface area contributed by atoms with Crippen molar-refractivity contribution in [2.24, 2.45) is 0 Å². The van der Waals surface area contributed by atoms with Gasteiger partial charge < -0.3 is 15.1 Å². The summed E-state index contributed by atoms with van der Waals surface area (Å²) >= 11 is 0. The van der Waals surface area contributed by atoms with Gasteiger partial charge in [0.1, 0.15) is 5.82 Å². The standard InChI is InChI=1S/C23H24F7N3O/c1-14-8-18(24)4-5-19(14)20-12-31-6-3-7-33(20)21(34)32(2)13-15-9-16(22(25,26)27)11-17(10-15)23(28,29)30/h4-5,8-11,20,31H,3,6-7,12-13H2,1-2H3/t20-/m1/s1. The molecule has 1 heterocycles. The molecule has 1 saturated heterocycles. The molecule has 186 valence electrons. The Kier molecular flexibility index (Phi) is 7.44. The molecule has 0 unspecified atom stereocenters. The van der Waals surface area contributed by atoms with Crippen LogP contribution >= 0.6 is 0 Å². The number of carbonyl (C=O) groups excluding carboxylic acids is 1. The van der Waals surface area contributed by atoms with Gasteiger partial charge in [-0.25, -0.2) is 9.18 Å². The Bertz CT molecular complexity index is 1000. The van der Waals surface area contributed by atoms with Crippen molar-refractivity contribution in [1.29, 1.82) is 0 Å². The van der Waals surface area contributed by atoms with Crippen LogP contribution in [0.4, 0.5) is 35.5 Å². The molecule has 2 aromatic rings. The van der Waals surface area contributed by atoms with Crippen molar-refractivity contribution in [2.45, 2.75) is 38.3 Å². The molecule has 1 atom stereocenters. The van der Waals surface area contributed by atoms with Gasteiger partial charge in [0.25, 0.3) is 0 Å². The number of benzene rings is 2. The largest absolute Gasteiger partial charge is 0.416 e. The maximum atomic E-state index is 13.6. The fourth-order valence-corrected chi connectivity index (χ4v) is 4.07. The van der Waals surface area contributed by atoms with Crippen LogP contribution in [0.25, 0.3) is 0 Å². The van der Waals surface area contributed by atoms with Gasteiger partial charge in [0.15, 0.2) is 0 Å². The van der Waals surface area contributed by atoms with Crippen LogP contribution in [0, 0.1) is 12.7 Å². The van der Waals surface area contributed by atoms with Gasteiger partial charge in [0, 0.05) is 26.7 Å². The number of rotatable bonds is 3. The Hall–Kier alpha value is -2.82. The number of carbonyl (C=O) groups is 1. The number of halogens is 7. The summed E-state index contributed by atoms with van der Waals surface area (Å²) in [6, 6.07) is 4.45. The van der Waals surface area contributed by atoms with E-state index in [1.165, 1.54) is 24.1 Å². The lowest BCUT2D eigenvalue weighted by Crippen LogP contribution is -2.44. The Morgan fingerprint density at radius 2 is 1.68 bits per heavy atom. The number of hydrogen-bond donors (Lipinski definition) is 1. The fourth-order valence-electron chi connectivity index (χ4n) is 4.07. The number of urea groups is 1. The van der Waals surface area contributed by atoms with Gasteiger partial charge in [-0.05, 0) is 66.9 Å². The fraction of sp³-hybridized carbons (Fsp3) is 0.435. The first-order valence-corrected chi connectivity index (χ1v) is 10.5. The summed E-state index contributed by atoms with van der Waals surface area (Å²) in [4.78, 5) is 15.9. The van der Waals surface area contributed by atoms with Crippen molar-refractivity contribution < 1.29 is 35.5 Å². The average molecular weight is 491 g/mol. The second-order valence-corrected chi connectivity index (χ2v) is 8.32. The highest BCUT2D eigenvalue weighted by atomic mass is 19.4. The molecule has 3 rings (SSSR count). The van der Waals surface area contributed by atoms with E-state index in [1.807, 2.05) is 0 Å². The quantitative estimate of drug-likeness (QED) is 0.555. The SMILES string of the molecule is Cc1cc(F)ccc1[C@H]1CNCCCN1C(=O)N(C)Cc1cc(C(F)(F)F)cc(C(F)(F)F)c1. The van der Waals surface area contributed by atoms with E-state index in [4.69, 9.17) is 0 Å². The van der Waals surface area contributed by atoms with Gasteiger partial charge in [-0.15, -0.1) is 0 Å². The summed E-state index contributed by atoms with van der Waals surface area (Å²) in [5, 5.41) is 3.20. The molecular weight excluding hydrogens is 467 g/mol. The lowest BCUT2D eigenvalue weighted by molar-refractivity contribution is -0.143. The van der Waals surface area contributed by atoms with Gasteiger partial charge in [-0.2, -0.15) is 26.3 Å². The van der Waals surface area contributed by atoms with E-state index < -0.39 is 47.9 Å². The zero-order chi connectivity index (χ0) is 25.3. The minimum atomic E-state index is -4.97. The lowest BCUT2D eigenvalue weighted by atomic mass is 9.99. The van der Waals surface area contributed by atoms with Crippen LogP contribution in [0.15, 0.2) is 36.4 Å². The smallest absolute Gasteiger partial charge is 0.323 e. The zero-order valence-corrected chi connectivity index (χ0v) is 18.5. The topological polar surface area (TPSA) is 35.6 Å². The number of amides is 2. The van der Waals surface area contributed by atoms with Gasteiger partial charge >= 0.3 is 18.4 Å². The second kappa shape index (κ2) is 9.81. The highest BCUT2D eigenvalue weighted by Crippen LogP contribution is 2.36. The van der Waals surface area contributed by atoms with Crippen LogP contribution in [-0.2, 0) is 18.9 Å². The molecule has 1 aliphatic heterocycles. The van der Waals surface area contributed by atoms with E-state index >= 15 is 0 Å². The van der Waals surface area contributed by atoms with Gasteiger partial charge in [0.05, 0.1) is 17.2 Å². The Labute approximate surface area is 192 Å². The number of nitrogens with zero attached hydrogens (tertiary/aromatic N) is 2. The molecule has 34 heavy (non-hydrogen) atoms. The van der Waals surface area contributed by atoms with E-state index in [0.29, 0.717) is 49.3 Å². The van der Waals surface area contributed by atoms with Crippen LogP contribution in [0.5, 0.6) is 0 Å². The first-order valence-electron chi connectivity index (χ1n) is 10.5. The first-order chi connectivity index (χ1) is 15.8. The maximum absolute atomic E-state index is 13.6. The number of aryl methyl sites for hydroxylation is 1. The molecule has 1 fully saturated rings. The molecule has 1 aliphatic rings.